The van der Waals surface area contributed by atoms with Crippen LogP contribution in [0.25, 0.3) is 0 Å². The van der Waals surface area contributed by atoms with Crippen molar-refractivity contribution in [1.82, 2.24) is 0 Å². The lowest BCUT2D eigenvalue weighted by Crippen LogP contribution is -2.38. The Bertz CT molecular complexity index is 960. The third kappa shape index (κ3) is 2.98. The van der Waals surface area contributed by atoms with Crippen LogP contribution in [0.1, 0.15) is 44.8 Å². The number of hydrogen-bond donors (Lipinski definition) is 1. The number of cyclic esters (lactones) is 1. The van der Waals surface area contributed by atoms with Crippen LogP contribution in [0, 0.1) is 11.3 Å². The molecule has 1 aliphatic heterocycles. The number of benzene rings is 1. The summed E-state index contributed by atoms with van der Waals surface area (Å²) in [4.78, 5) is 26.0. The van der Waals surface area contributed by atoms with Crippen molar-refractivity contribution in [3.63, 3.8) is 0 Å². The van der Waals surface area contributed by atoms with E-state index in [0.717, 1.165) is 36.8 Å². The fourth-order valence-electron chi connectivity index (χ4n) is 3.46. The van der Waals surface area contributed by atoms with E-state index >= 15 is 0 Å². The van der Waals surface area contributed by atoms with E-state index in [1.807, 2.05) is 0 Å². The van der Waals surface area contributed by atoms with Gasteiger partial charge < -0.3 is 10.1 Å². The van der Waals surface area contributed by atoms with Gasteiger partial charge in [-0.25, -0.2) is 4.79 Å². The molecule has 0 spiro atoms. The summed E-state index contributed by atoms with van der Waals surface area (Å²) < 4.78 is 5.29. The van der Waals surface area contributed by atoms with Crippen molar-refractivity contribution in [2.45, 2.75) is 38.2 Å². The van der Waals surface area contributed by atoms with Gasteiger partial charge in [-0.15, -0.1) is 11.3 Å². The predicted octanol–water partition coefficient (Wildman–Crippen LogP) is 3.87. The fraction of sp³-hybridized carbons (Fsp3) is 0.316. The minimum absolute atomic E-state index is 0.289. The Morgan fingerprint density at radius 1 is 1.35 bits per heavy atom. The molecule has 1 N–H and O–H groups in total. The molecule has 0 bridgehead atoms. The van der Waals surface area contributed by atoms with Crippen LogP contribution in [0.15, 0.2) is 18.2 Å². The number of halogens is 1. The number of aryl methyl sites for hydroxylation is 1. The standard InChI is InChI=1S/C19H15ClN2O3S/c20-11-6-5-10-7-15(25-19(24)13(10)8-11)17(23)22-18-14(9-21)12-3-1-2-4-16(12)26-18/h5-6,8,15H,1-4,7H2,(H,22,23)/t15-/m1/s1. The average molecular weight is 387 g/mol. The van der Waals surface area contributed by atoms with Crippen molar-refractivity contribution in [3.05, 3.63) is 50.4 Å². The highest BCUT2D eigenvalue weighted by Gasteiger charge is 2.32. The van der Waals surface area contributed by atoms with Crippen molar-refractivity contribution in [2.24, 2.45) is 0 Å². The van der Waals surface area contributed by atoms with Crippen molar-refractivity contribution < 1.29 is 14.3 Å². The molecule has 1 aromatic heterocycles. The smallest absolute Gasteiger partial charge is 0.339 e. The molecule has 4 rings (SSSR count). The lowest BCUT2D eigenvalue weighted by atomic mass is 9.96. The van der Waals surface area contributed by atoms with Gasteiger partial charge in [-0.2, -0.15) is 5.26 Å². The van der Waals surface area contributed by atoms with Crippen molar-refractivity contribution in [1.29, 1.82) is 5.26 Å². The number of esters is 1. The molecular formula is C19H15ClN2O3S. The second-order valence-electron chi connectivity index (χ2n) is 6.42. The minimum Gasteiger partial charge on any atom is -0.448 e. The zero-order valence-corrected chi connectivity index (χ0v) is 15.4. The zero-order chi connectivity index (χ0) is 18.3. The SMILES string of the molecule is N#Cc1c(NC(=O)[C@H]2Cc3ccc(Cl)cc3C(=O)O2)sc2c1CCCC2. The molecule has 0 fully saturated rings. The number of amides is 1. The van der Waals surface area contributed by atoms with Crippen LogP contribution < -0.4 is 5.32 Å². The van der Waals surface area contributed by atoms with E-state index in [2.05, 4.69) is 11.4 Å². The first-order valence-corrected chi connectivity index (χ1v) is 9.61. The van der Waals surface area contributed by atoms with Gasteiger partial charge in [0.05, 0.1) is 11.1 Å². The monoisotopic (exact) mass is 386 g/mol. The molecule has 2 aromatic rings. The van der Waals surface area contributed by atoms with E-state index < -0.39 is 18.0 Å². The molecule has 26 heavy (non-hydrogen) atoms. The van der Waals surface area contributed by atoms with Gasteiger partial charge in [0.15, 0.2) is 6.10 Å². The van der Waals surface area contributed by atoms with Crippen molar-refractivity contribution in [2.75, 3.05) is 5.32 Å². The Hall–Kier alpha value is -2.36. The first-order valence-electron chi connectivity index (χ1n) is 8.41. The highest BCUT2D eigenvalue weighted by Crippen LogP contribution is 2.38. The first kappa shape index (κ1) is 17.1. The maximum atomic E-state index is 12.7. The second-order valence-corrected chi connectivity index (χ2v) is 7.96. The summed E-state index contributed by atoms with van der Waals surface area (Å²) in [5.74, 6) is -0.964. The van der Waals surface area contributed by atoms with Gasteiger partial charge in [-0.3, -0.25) is 4.79 Å². The van der Waals surface area contributed by atoms with E-state index in [0.29, 0.717) is 21.2 Å². The maximum absolute atomic E-state index is 12.7. The molecule has 0 radical (unpaired) electrons. The van der Waals surface area contributed by atoms with Crippen LogP contribution in [0.4, 0.5) is 5.00 Å². The number of carbonyl (C=O) groups excluding carboxylic acids is 2. The normalized spacial score (nSPS) is 18.3. The number of nitrogens with zero attached hydrogens (tertiary/aromatic N) is 1. The molecule has 132 valence electrons. The number of hydrogen-bond acceptors (Lipinski definition) is 5. The summed E-state index contributed by atoms with van der Waals surface area (Å²) in [5, 5.41) is 13.3. The Morgan fingerprint density at radius 2 is 2.15 bits per heavy atom. The highest BCUT2D eigenvalue weighted by molar-refractivity contribution is 7.16. The predicted molar refractivity (Wildman–Crippen MR) is 98.7 cm³/mol. The van der Waals surface area contributed by atoms with Crippen molar-refractivity contribution >= 4 is 39.8 Å². The summed E-state index contributed by atoms with van der Waals surface area (Å²) in [5.41, 5.74) is 2.73. The molecule has 5 nitrogen and oxygen atoms in total. The number of nitrogens with one attached hydrogen (secondary N) is 1. The number of nitriles is 1. The molecule has 0 unspecified atom stereocenters. The molecule has 0 saturated heterocycles. The number of thiophene rings is 1. The van der Waals surface area contributed by atoms with Gasteiger partial charge in [-0.1, -0.05) is 17.7 Å². The number of ether oxygens (including phenoxy) is 1. The Labute approximate surface area is 159 Å². The summed E-state index contributed by atoms with van der Waals surface area (Å²) in [7, 11) is 0. The summed E-state index contributed by atoms with van der Waals surface area (Å²) in [6.07, 6.45) is 3.35. The first-order chi connectivity index (χ1) is 12.6. The van der Waals surface area contributed by atoms with E-state index in [1.165, 1.54) is 16.2 Å². The van der Waals surface area contributed by atoms with Crippen LogP contribution in [0.2, 0.25) is 5.02 Å². The van der Waals surface area contributed by atoms with Gasteiger partial charge in [0.2, 0.25) is 0 Å². The Morgan fingerprint density at radius 3 is 2.96 bits per heavy atom. The third-order valence-corrected chi connectivity index (χ3v) is 6.20. The molecule has 1 aromatic carbocycles. The molecule has 7 heteroatoms. The molecule has 1 amide bonds. The molecule has 2 aliphatic rings. The molecule has 2 heterocycles. The van der Waals surface area contributed by atoms with Crippen LogP contribution >= 0.6 is 22.9 Å². The number of rotatable bonds is 2. The van der Waals surface area contributed by atoms with E-state index in [-0.39, 0.29) is 6.42 Å². The van der Waals surface area contributed by atoms with Crippen LogP contribution in [0.5, 0.6) is 0 Å². The number of fused-ring (bicyclic) bond motifs is 2. The van der Waals surface area contributed by atoms with Gasteiger partial charge in [0.1, 0.15) is 11.1 Å². The fourth-order valence-corrected chi connectivity index (χ4v) is 4.88. The second kappa shape index (κ2) is 6.75. The maximum Gasteiger partial charge on any atom is 0.339 e. The lowest BCUT2D eigenvalue weighted by Gasteiger charge is -2.23. The quantitative estimate of drug-likeness (QED) is 0.794. The molecule has 1 atom stereocenters. The Kier molecular flexibility index (Phi) is 4.43. The van der Waals surface area contributed by atoms with E-state index in [4.69, 9.17) is 16.3 Å². The average Bonchev–Trinajstić information content (AvgIpc) is 2.99. The summed E-state index contributed by atoms with van der Waals surface area (Å²) in [6.45, 7) is 0. The highest BCUT2D eigenvalue weighted by atomic mass is 35.5. The zero-order valence-electron chi connectivity index (χ0n) is 13.8. The summed E-state index contributed by atoms with van der Waals surface area (Å²) >= 11 is 7.37. The summed E-state index contributed by atoms with van der Waals surface area (Å²) in [6, 6.07) is 7.19. The number of carbonyl (C=O) groups is 2. The van der Waals surface area contributed by atoms with Gasteiger partial charge in [-0.05, 0) is 48.9 Å². The van der Waals surface area contributed by atoms with Gasteiger partial charge >= 0.3 is 5.97 Å². The molecule has 1 aliphatic carbocycles. The van der Waals surface area contributed by atoms with Gasteiger partial charge in [0.25, 0.3) is 5.91 Å². The number of anilines is 1. The largest absolute Gasteiger partial charge is 0.448 e. The molecular weight excluding hydrogens is 372 g/mol. The van der Waals surface area contributed by atoms with E-state index in [9.17, 15) is 14.9 Å². The lowest BCUT2D eigenvalue weighted by molar-refractivity contribution is -0.125. The van der Waals surface area contributed by atoms with Gasteiger partial charge in [0, 0.05) is 16.3 Å². The minimum atomic E-state index is -0.915. The van der Waals surface area contributed by atoms with Crippen LogP contribution in [-0.2, 0) is 28.8 Å². The van der Waals surface area contributed by atoms with E-state index in [1.54, 1.807) is 18.2 Å². The third-order valence-electron chi connectivity index (χ3n) is 4.76. The van der Waals surface area contributed by atoms with Crippen LogP contribution in [-0.4, -0.2) is 18.0 Å². The van der Waals surface area contributed by atoms with Crippen LogP contribution in [0.3, 0.4) is 0 Å². The topological polar surface area (TPSA) is 79.2 Å². The Balaban J connectivity index is 1.56. The molecule has 0 saturated carbocycles. The van der Waals surface area contributed by atoms with Crippen molar-refractivity contribution in [3.8, 4) is 6.07 Å².